The highest BCUT2D eigenvalue weighted by Gasteiger charge is 2.13. The van der Waals surface area contributed by atoms with Gasteiger partial charge in [-0.3, -0.25) is 9.59 Å². The highest BCUT2D eigenvalue weighted by atomic mass is 16.5. The predicted octanol–water partition coefficient (Wildman–Crippen LogP) is 2.17. The number of carboxylic acid groups (broad SMARTS) is 1. The van der Waals surface area contributed by atoms with Gasteiger partial charge in [0.1, 0.15) is 0 Å². The van der Waals surface area contributed by atoms with E-state index in [2.05, 4.69) is 5.32 Å². The lowest BCUT2D eigenvalue weighted by Gasteiger charge is -2.09. The highest BCUT2D eigenvalue weighted by molar-refractivity contribution is 5.97. The maximum absolute atomic E-state index is 11.9. The van der Waals surface area contributed by atoms with Crippen molar-refractivity contribution in [1.29, 1.82) is 0 Å². The van der Waals surface area contributed by atoms with E-state index in [1.807, 2.05) is 0 Å². The number of benzene rings is 1. The molecule has 0 heterocycles. The fraction of sp³-hybridized carbons (Fsp3) is 0.467. The zero-order chi connectivity index (χ0) is 15.7. The number of methoxy groups -OCH3 is 1. The summed E-state index contributed by atoms with van der Waals surface area (Å²) in [5.41, 5.74) is 0.181. The third kappa shape index (κ3) is 5.72. The molecule has 3 N–H and O–H groups in total. The van der Waals surface area contributed by atoms with Crippen LogP contribution in [0.5, 0.6) is 11.5 Å². The number of carbonyl (C=O) groups is 2. The Morgan fingerprint density at radius 2 is 1.90 bits per heavy atom. The molecule has 0 fully saturated rings. The lowest BCUT2D eigenvalue weighted by Crippen LogP contribution is -2.24. The van der Waals surface area contributed by atoms with Crippen LogP contribution in [0.4, 0.5) is 0 Å². The molecule has 1 amide bonds. The van der Waals surface area contributed by atoms with Gasteiger partial charge >= 0.3 is 5.97 Å². The van der Waals surface area contributed by atoms with Gasteiger partial charge in [-0.15, -0.1) is 0 Å². The van der Waals surface area contributed by atoms with E-state index >= 15 is 0 Å². The number of phenols is 1. The van der Waals surface area contributed by atoms with Crippen LogP contribution in [-0.4, -0.2) is 35.7 Å². The normalized spacial score (nSPS) is 10.1. The van der Waals surface area contributed by atoms with Crippen LogP contribution in [-0.2, 0) is 4.79 Å². The Kier molecular flexibility index (Phi) is 7.08. The number of aliphatic carboxylic acids is 1. The summed E-state index contributed by atoms with van der Waals surface area (Å²) in [6.45, 7) is 0.489. The summed E-state index contributed by atoms with van der Waals surface area (Å²) < 4.78 is 4.95. The number of hydrogen-bond donors (Lipinski definition) is 3. The molecule has 0 aliphatic rings. The molecule has 0 atom stereocenters. The molecule has 1 aromatic rings. The Labute approximate surface area is 123 Å². The number of para-hydroxylation sites is 1. The molecule has 0 radical (unpaired) electrons. The average Bonchev–Trinajstić information content (AvgIpc) is 2.46. The van der Waals surface area contributed by atoms with Gasteiger partial charge in [-0.1, -0.05) is 18.9 Å². The number of ether oxygens (including phenoxy) is 1. The van der Waals surface area contributed by atoms with Gasteiger partial charge in [0.05, 0.1) is 12.7 Å². The molecule has 21 heavy (non-hydrogen) atoms. The van der Waals surface area contributed by atoms with Crippen LogP contribution in [0.3, 0.4) is 0 Å². The molecule has 6 nitrogen and oxygen atoms in total. The average molecular weight is 295 g/mol. The van der Waals surface area contributed by atoms with Crippen molar-refractivity contribution in [3.8, 4) is 11.5 Å². The van der Waals surface area contributed by atoms with Crippen LogP contribution in [0.1, 0.15) is 42.5 Å². The lowest BCUT2D eigenvalue weighted by molar-refractivity contribution is -0.137. The maximum atomic E-state index is 11.9. The first-order valence-corrected chi connectivity index (χ1v) is 6.92. The van der Waals surface area contributed by atoms with E-state index in [4.69, 9.17) is 9.84 Å². The van der Waals surface area contributed by atoms with E-state index in [0.717, 1.165) is 19.3 Å². The monoisotopic (exact) mass is 295 g/mol. The lowest BCUT2D eigenvalue weighted by atomic mass is 10.1. The first-order valence-electron chi connectivity index (χ1n) is 6.92. The van der Waals surface area contributed by atoms with Gasteiger partial charge in [-0.25, -0.2) is 0 Å². The van der Waals surface area contributed by atoms with Crippen molar-refractivity contribution in [1.82, 2.24) is 5.32 Å². The van der Waals surface area contributed by atoms with Crippen LogP contribution in [0.15, 0.2) is 18.2 Å². The van der Waals surface area contributed by atoms with Gasteiger partial charge in [0.25, 0.3) is 5.91 Å². The first kappa shape index (κ1) is 16.8. The molecular formula is C15H21NO5. The van der Waals surface area contributed by atoms with E-state index in [1.54, 1.807) is 12.1 Å². The molecule has 0 aromatic heterocycles. The molecule has 6 heteroatoms. The Bertz CT molecular complexity index is 487. The Balaban J connectivity index is 2.30. The van der Waals surface area contributed by atoms with Gasteiger partial charge in [-0.05, 0) is 25.0 Å². The molecule has 1 rings (SSSR count). The maximum Gasteiger partial charge on any atom is 0.303 e. The molecule has 0 aliphatic carbocycles. The van der Waals surface area contributed by atoms with Crippen LogP contribution < -0.4 is 10.1 Å². The van der Waals surface area contributed by atoms with Crippen molar-refractivity contribution in [2.24, 2.45) is 0 Å². The van der Waals surface area contributed by atoms with Gasteiger partial charge in [-0.2, -0.15) is 0 Å². The first-order chi connectivity index (χ1) is 10.1. The smallest absolute Gasteiger partial charge is 0.303 e. The zero-order valence-electron chi connectivity index (χ0n) is 12.1. The zero-order valence-corrected chi connectivity index (χ0v) is 12.1. The van der Waals surface area contributed by atoms with Crippen molar-refractivity contribution >= 4 is 11.9 Å². The molecule has 0 saturated heterocycles. The molecule has 1 aromatic carbocycles. The summed E-state index contributed by atoms with van der Waals surface area (Å²) >= 11 is 0. The van der Waals surface area contributed by atoms with E-state index in [1.165, 1.54) is 13.2 Å². The minimum atomic E-state index is -0.781. The molecule has 0 unspecified atom stereocenters. The van der Waals surface area contributed by atoms with E-state index in [0.29, 0.717) is 13.0 Å². The van der Waals surface area contributed by atoms with Crippen LogP contribution in [0.25, 0.3) is 0 Å². The molecule has 116 valence electrons. The van der Waals surface area contributed by atoms with Crippen LogP contribution >= 0.6 is 0 Å². The minimum Gasteiger partial charge on any atom is -0.504 e. The Morgan fingerprint density at radius 3 is 2.57 bits per heavy atom. The van der Waals surface area contributed by atoms with Gasteiger partial charge < -0.3 is 20.3 Å². The van der Waals surface area contributed by atoms with E-state index < -0.39 is 5.97 Å². The number of amides is 1. The third-order valence-electron chi connectivity index (χ3n) is 3.07. The number of unbranched alkanes of at least 4 members (excludes halogenated alkanes) is 3. The van der Waals surface area contributed by atoms with E-state index in [-0.39, 0.29) is 29.4 Å². The highest BCUT2D eigenvalue weighted by Crippen LogP contribution is 2.29. The van der Waals surface area contributed by atoms with Gasteiger partial charge in [0.15, 0.2) is 11.5 Å². The van der Waals surface area contributed by atoms with Gasteiger partial charge in [0.2, 0.25) is 0 Å². The van der Waals surface area contributed by atoms with Crippen molar-refractivity contribution in [2.45, 2.75) is 32.1 Å². The van der Waals surface area contributed by atoms with Gasteiger partial charge in [0, 0.05) is 13.0 Å². The summed E-state index contributed by atoms with van der Waals surface area (Å²) in [4.78, 5) is 22.2. The van der Waals surface area contributed by atoms with Crippen molar-refractivity contribution < 1.29 is 24.5 Å². The molecule has 0 bridgehead atoms. The number of carboxylic acids is 1. The number of carbonyl (C=O) groups excluding carboxylic acids is 1. The quantitative estimate of drug-likeness (QED) is 0.607. The summed E-state index contributed by atoms with van der Waals surface area (Å²) in [6, 6.07) is 4.74. The van der Waals surface area contributed by atoms with Crippen LogP contribution in [0.2, 0.25) is 0 Å². The Hall–Kier alpha value is -2.24. The fourth-order valence-electron chi connectivity index (χ4n) is 1.92. The molecular weight excluding hydrogens is 274 g/mol. The van der Waals surface area contributed by atoms with Crippen molar-refractivity contribution in [3.63, 3.8) is 0 Å². The second-order valence-corrected chi connectivity index (χ2v) is 4.67. The van der Waals surface area contributed by atoms with Crippen molar-refractivity contribution in [2.75, 3.05) is 13.7 Å². The largest absolute Gasteiger partial charge is 0.504 e. The molecule has 0 spiro atoms. The van der Waals surface area contributed by atoms with E-state index in [9.17, 15) is 14.7 Å². The standard InChI is InChI=1S/C15H21NO5/c1-21-12-8-6-7-11(14(12)19)15(20)16-10-5-3-2-4-9-13(17)18/h6-8,19H,2-5,9-10H2,1H3,(H,16,20)(H,17,18). The summed E-state index contributed by atoms with van der Waals surface area (Å²) in [6.07, 6.45) is 3.30. The molecule has 0 saturated carbocycles. The number of hydrogen-bond acceptors (Lipinski definition) is 4. The summed E-state index contributed by atoms with van der Waals surface area (Å²) in [5, 5.41) is 21.1. The number of nitrogens with one attached hydrogen (secondary N) is 1. The minimum absolute atomic E-state index is 0.168. The fourth-order valence-corrected chi connectivity index (χ4v) is 1.92. The second kappa shape index (κ2) is 8.84. The number of aromatic hydroxyl groups is 1. The predicted molar refractivity (Wildman–Crippen MR) is 77.7 cm³/mol. The third-order valence-corrected chi connectivity index (χ3v) is 3.07. The van der Waals surface area contributed by atoms with Crippen LogP contribution in [0, 0.1) is 0 Å². The topological polar surface area (TPSA) is 95.9 Å². The number of rotatable bonds is 9. The van der Waals surface area contributed by atoms with Crippen molar-refractivity contribution in [3.05, 3.63) is 23.8 Å². The SMILES string of the molecule is COc1cccc(C(=O)NCCCCCCC(=O)O)c1O. The summed E-state index contributed by atoms with van der Waals surface area (Å²) in [5.74, 6) is -1.04. The Morgan fingerprint density at radius 1 is 1.19 bits per heavy atom. The molecule has 0 aliphatic heterocycles. The second-order valence-electron chi connectivity index (χ2n) is 4.67. The summed E-state index contributed by atoms with van der Waals surface area (Å²) in [7, 11) is 1.42. The number of phenolic OH excluding ortho intramolecular Hbond substituents is 1.